The molecule has 0 aromatic carbocycles. The lowest BCUT2D eigenvalue weighted by Gasteiger charge is -2.05. The summed E-state index contributed by atoms with van der Waals surface area (Å²) in [4.78, 5) is 9.55. The van der Waals surface area contributed by atoms with Gasteiger partial charge in [-0.2, -0.15) is 0 Å². The number of rotatable bonds is 4. The lowest BCUT2D eigenvalue weighted by molar-refractivity contribution is 1.08. The van der Waals surface area contributed by atoms with Gasteiger partial charge in [-0.3, -0.25) is 4.98 Å². The van der Waals surface area contributed by atoms with E-state index >= 15 is 0 Å². The molecule has 2 aromatic rings. The maximum absolute atomic E-state index is 4.31. The molecule has 3 nitrogen and oxygen atoms in total. The summed E-state index contributed by atoms with van der Waals surface area (Å²) in [5.41, 5.74) is 1.15. The zero-order valence-corrected chi connectivity index (χ0v) is 9.87. The predicted molar refractivity (Wildman–Crippen MR) is 67.6 cm³/mol. The molecule has 2 heterocycles. The van der Waals surface area contributed by atoms with Gasteiger partial charge in [0, 0.05) is 30.0 Å². The van der Waals surface area contributed by atoms with Crippen molar-refractivity contribution in [3.8, 4) is 0 Å². The molecule has 0 spiro atoms. The molecule has 4 heteroatoms. The minimum Gasteiger partial charge on any atom is -0.366 e. The van der Waals surface area contributed by atoms with Gasteiger partial charge in [0.15, 0.2) is 0 Å². The number of aromatic nitrogens is 2. The molecular formula is C12H13N3S. The van der Waals surface area contributed by atoms with Gasteiger partial charge in [-0.1, -0.05) is 6.07 Å². The second-order valence-electron chi connectivity index (χ2n) is 3.30. The van der Waals surface area contributed by atoms with Crippen LogP contribution in [0.5, 0.6) is 0 Å². The molecule has 0 unspecified atom stereocenters. The van der Waals surface area contributed by atoms with Crippen molar-refractivity contribution in [1.29, 1.82) is 0 Å². The minimum atomic E-state index is 0.749. The van der Waals surface area contributed by atoms with Crippen LogP contribution in [0, 0.1) is 0 Å². The largest absolute Gasteiger partial charge is 0.366 e. The third kappa shape index (κ3) is 2.97. The Morgan fingerprint density at radius 1 is 1.25 bits per heavy atom. The monoisotopic (exact) mass is 231 g/mol. The first-order chi connectivity index (χ1) is 7.88. The molecule has 0 fully saturated rings. The predicted octanol–water partition coefficient (Wildman–Crippen LogP) is 2.81. The molecule has 0 amide bonds. The highest BCUT2D eigenvalue weighted by Gasteiger charge is 1.95. The smallest absolute Gasteiger partial charge is 0.126 e. The first-order valence-corrected chi connectivity index (χ1v) is 6.24. The van der Waals surface area contributed by atoms with Gasteiger partial charge in [0.2, 0.25) is 0 Å². The normalized spacial score (nSPS) is 10.1. The van der Waals surface area contributed by atoms with E-state index in [0.717, 1.165) is 17.9 Å². The third-order valence-electron chi connectivity index (χ3n) is 2.17. The second-order valence-corrected chi connectivity index (χ2v) is 4.18. The summed E-state index contributed by atoms with van der Waals surface area (Å²) in [6.45, 7) is 0.749. The zero-order chi connectivity index (χ0) is 11.2. The number of anilines is 1. The Morgan fingerprint density at radius 3 is 2.81 bits per heavy atom. The van der Waals surface area contributed by atoms with Gasteiger partial charge in [-0.15, -0.1) is 11.8 Å². The molecule has 0 saturated heterocycles. The number of thioether (sulfide) groups is 1. The van der Waals surface area contributed by atoms with Gasteiger partial charge >= 0.3 is 0 Å². The van der Waals surface area contributed by atoms with E-state index in [2.05, 4.69) is 21.4 Å². The number of pyridine rings is 2. The molecular weight excluding hydrogens is 218 g/mol. The topological polar surface area (TPSA) is 37.8 Å². The first-order valence-electron chi connectivity index (χ1n) is 5.01. The van der Waals surface area contributed by atoms with Crippen LogP contribution in [0.3, 0.4) is 0 Å². The molecule has 16 heavy (non-hydrogen) atoms. The van der Waals surface area contributed by atoms with Crippen molar-refractivity contribution in [2.75, 3.05) is 11.6 Å². The Kier molecular flexibility index (Phi) is 3.77. The fraction of sp³-hybridized carbons (Fsp3) is 0.167. The van der Waals surface area contributed by atoms with Crippen molar-refractivity contribution >= 4 is 17.6 Å². The lowest BCUT2D eigenvalue weighted by Crippen LogP contribution is -2.01. The van der Waals surface area contributed by atoms with Crippen molar-refractivity contribution in [2.45, 2.75) is 11.4 Å². The molecule has 0 aliphatic rings. The average Bonchev–Trinajstić information content (AvgIpc) is 2.38. The van der Waals surface area contributed by atoms with Gasteiger partial charge in [-0.05, 0) is 30.0 Å². The lowest BCUT2D eigenvalue weighted by atomic mass is 10.3. The summed E-state index contributed by atoms with van der Waals surface area (Å²) >= 11 is 1.69. The van der Waals surface area contributed by atoms with E-state index in [1.807, 2.05) is 36.8 Å². The van der Waals surface area contributed by atoms with Crippen LogP contribution in [0.2, 0.25) is 0 Å². The van der Waals surface area contributed by atoms with Gasteiger partial charge in [0.25, 0.3) is 0 Å². The van der Waals surface area contributed by atoms with Crippen LogP contribution in [0.1, 0.15) is 5.56 Å². The molecule has 0 atom stereocenters. The van der Waals surface area contributed by atoms with Crippen LogP contribution in [0.15, 0.2) is 47.8 Å². The van der Waals surface area contributed by atoms with Crippen LogP contribution >= 0.6 is 11.8 Å². The van der Waals surface area contributed by atoms with Crippen LogP contribution in [-0.4, -0.2) is 16.2 Å². The van der Waals surface area contributed by atoms with E-state index in [1.54, 1.807) is 18.0 Å². The molecule has 0 bridgehead atoms. The maximum atomic E-state index is 4.31. The van der Waals surface area contributed by atoms with Crippen molar-refractivity contribution < 1.29 is 0 Å². The average molecular weight is 231 g/mol. The third-order valence-corrected chi connectivity index (χ3v) is 2.88. The number of nitrogens with one attached hydrogen (secondary N) is 1. The van der Waals surface area contributed by atoms with Crippen molar-refractivity contribution in [1.82, 2.24) is 9.97 Å². The number of hydrogen-bond acceptors (Lipinski definition) is 4. The van der Waals surface area contributed by atoms with Gasteiger partial charge in [0.1, 0.15) is 5.82 Å². The van der Waals surface area contributed by atoms with Crippen molar-refractivity contribution in [2.24, 2.45) is 0 Å². The molecule has 2 aromatic heterocycles. The fourth-order valence-corrected chi connectivity index (χ4v) is 1.66. The van der Waals surface area contributed by atoms with Crippen molar-refractivity contribution in [3.05, 3.63) is 48.4 Å². The fourth-order valence-electron chi connectivity index (χ4n) is 1.30. The minimum absolute atomic E-state index is 0.749. The summed E-state index contributed by atoms with van der Waals surface area (Å²) in [5, 5.41) is 3.25. The molecule has 0 aliphatic heterocycles. The molecule has 1 N–H and O–H groups in total. The van der Waals surface area contributed by atoms with Crippen molar-refractivity contribution in [3.63, 3.8) is 0 Å². The zero-order valence-electron chi connectivity index (χ0n) is 9.05. The van der Waals surface area contributed by atoms with E-state index in [4.69, 9.17) is 0 Å². The summed E-state index contributed by atoms with van der Waals surface area (Å²) in [6, 6.07) is 8.02. The van der Waals surface area contributed by atoms with E-state index in [0.29, 0.717) is 0 Å². The highest BCUT2D eigenvalue weighted by molar-refractivity contribution is 7.98. The summed E-state index contributed by atoms with van der Waals surface area (Å²) in [5.74, 6) is 0.890. The summed E-state index contributed by atoms with van der Waals surface area (Å²) < 4.78 is 0. The second kappa shape index (κ2) is 5.51. The Hall–Kier alpha value is -1.55. The van der Waals surface area contributed by atoms with Crippen LogP contribution < -0.4 is 5.32 Å². The summed E-state index contributed by atoms with van der Waals surface area (Å²) in [6.07, 6.45) is 7.54. The molecule has 0 aliphatic carbocycles. The van der Waals surface area contributed by atoms with E-state index in [9.17, 15) is 0 Å². The maximum Gasteiger partial charge on any atom is 0.126 e. The van der Waals surface area contributed by atoms with Gasteiger partial charge < -0.3 is 5.32 Å². The first kappa shape index (κ1) is 11.0. The van der Waals surface area contributed by atoms with E-state index in [-0.39, 0.29) is 0 Å². The summed E-state index contributed by atoms with van der Waals surface area (Å²) in [7, 11) is 0. The Morgan fingerprint density at radius 2 is 2.19 bits per heavy atom. The van der Waals surface area contributed by atoms with Gasteiger partial charge in [-0.25, -0.2) is 4.98 Å². The van der Waals surface area contributed by atoms with E-state index < -0.39 is 0 Å². The Balaban J connectivity index is 1.94. The highest BCUT2D eigenvalue weighted by Crippen LogP contribution is 2.14. The Bertz CT molecular complexity index is 428. The molecule has 2 rings (SSSR count). The van der Waals surface area contributed by atoms with Gasteiger partial charge in [0.05, 0.1) is 0 Å². The van der Waals surface area contributed by atoms with Crippen LogP contribution in [-0.2, 0) is 6.54 Å². The SMILES string of the molecule is CSc1ccc(NCc2cccnc2)nc1. The standard InChI is InChI=1S/C12H13N3S/c1-16-11-4-5-12(15-9-11)14-8-10-3-2-6-13-7-10/h2-7,9H,8H2,1H3,(H,14,15). The molecule has 0 radical (unpaired) electrons. The Labute approximate surface area is 99.3 Å². The molecule has 82 valence electrons. The molecule has 0 saturated carbocycles. The van der Waals surface area contributed by atoms with E-state index in [1.165, 1.54) is 4.90 Å². The highest BCUT2D eigenvalue weighted by atomic mass is 32.2. The quantitative estimate of drug-likeness (QED) is 0.821. The number of nitrogens with zero attached hydrogens (tertiary/aromatic N) is 2. The van der Waals surface area contributed by atoms with Crippen LogP contribution in [0.25, 0.3) is 0 Å². The number of hydrogen-bond donors (Lipinski definition) is 1. The van der Waals surface area contributed by atoms with Crippen LogP contribution in [0.4, 0.5) is 5.82 Å².